The Bertz CT molecular complexity index is 1250. The van der Waals surface area contributed by atoms with Gasteiger partial charge in [0.15, 0.2) is 16.1 Å². The van der Waals surface area contributed by atoms with Crippen molar-refractivity contribution in [3.8, 4) is 22.6 Å². The second-order valence-corrected chi connectivity index (χ2v) is 9.18. The fourth-order valence-corrected chi connectivity index (χ4v) is 4.71. The third kappa shape index (κ3) is 4.42. The Morgan fingerprint density at radius 1 is 1.13 bits per heavy atom. The van der Waals surface area contributed by atoms with E-state index < -0.39 is 0 Å². The number of anilines is 1. The maximum absolute atomic E-state index is 12.5. The van der Waals surface area contributed by atoms with Gasteiger partial charge in [0.1, 0.15) is 5.76 Å². The van der Waals surface area contributed by atoms with Crippen LogP contribution in [-0.4, -0.2) is 31.4 Å². The summed E-state index contributed by atoms with van der Waals surface area (Å²) in [5.41, 5.74) is 6.52. The topological polar surface area (TPSA) is 85.8 Å². The molecule has 0 spiro atoms. The molecule has 0 saturated carbocycles. The van der Waals surface area contributed by atoms with Gasteiger partial charge in [0, 0.05) is 18.0 Å². The van der Waals surface area contributed by atoms with E-state index in [9.17, 15) is 4.79 Å². The number of benzene rings is 1. The SMILES string of the molecule is Cc1cc(C)c(-c2csc(NC(=O)CSc3nnc(-c4ccoc4C)n3C)n2)cc1C. The van der Waals surface area contributed by atoms with Crippen molar-refractivity contribution in [2.75, 3.05) is 11.1 Å². The molecule has 0 aliphatic carbocycles. The fraction of sp³-hybridized carbons (Fsp3) is 0.273. The zero-order chi connectivity index (χ0) is 22.1. The van der Waals surface area contributed by atoms with Gasteiger partial charge in [-0.1, -0.05) is 17.8 Å². The van der Waals surface area contributed by atoms with Gasteiger partial charge < -0.3 is 14.3 Å². The van der Waals surface area contributed by atoms with Crippen molar-refractivity contribution in [2.45, 2.75) is 32.9 Å². The van der Waals surface area contributed by atoms with E-state index in [0.29, 0.717) is 16.1 Å². The van der Waals surface area contributed by atoms with E-state index in [1.807, 2.05) is 30.0 Å². The summed E-state index contributed by atoms with van der Waals surface area (Å²) >= 11 is 2.76. The molecular formula is C22H23N5O2S2. The molecule has 1 N–H and O–H groups in total. The van der Waals surface area contributed by atoms with Crippen molar-refractivity contribution in [3.63, 3.8) is 0 Å². The molecule has 31 heavy (non-hydrogen) atoms. The quantitative estimate of drug-likeness (QED) is 0.406. The molecule has 0 atom stereocenters. The summed E-state index contributed by atoms with van der Waals surface area (Å²) in [5, 5.41) is 14.5. The number of thiazole rings is 1. The molecule has 1 aromatic carbocycles. The highest BCUT2D eigenvalue weighted by atomic mass is 32.2. The van der Waals surface area contributed by atoms with Gasteiger partial charge in [-0.05, 0) is 56.5 Å². The Labute approximate surface area is 188 Å². The molecule has 0 saturated heterocycles. The lowest BCUT2D eigenvalue weighted by Gasteiger charge is -2.07. The number of hydrogen-bond donors (Lipinski definition) is 1. The predicted molar refractivity (Wildman–Crippen MR) is 125 cm³/mol. The summed E-state index contributed by atoms with van der Waals surface area (Å²) in [4.78, 5) is 17.1. The summed E-state index contributed by atoms with van der Waals surface area (Å²) in [6, 6.07) is 6.17. The van der Waals surface area contributed by atoms with Gasteiger partial charge in [0.25, 0.3) is 0 Å². The Morgan fingerprint density at radius 2 is 1.90 bits per heavy atom. The van der Waals surface area contributed by atoms with Crippen molar-refractivity contribution in [3.05, 3.63) is 52.3 Å². The number of rotatable bonds is 6. The lowest BCUT2D eigenvalue weighted by molar-refractivity contribution is -0.113. The van der Waals surface area contributed by atoms with Gasteiger partial charge >= 0.3 is 0 Å². The minimum atomic E-state index is -0.133. The fourth-order valence-electron chi connectivity index (χ4n) is 3.27. The molecule has 0 unspecified atom stereocenters. The third-order valence-corrected chi connectivity index (χ3v) is 6.91. The standard InChI is InChI=1S/C22H23N5O2S2/c1-12-8-14(3)17(9-13(12)2)18-10-30-21(23-18)24-19(28)11-31-22-26-25-20(27(22)5)16-6-7-29-15(16)4/h6-10H,11H2,1-5H3,(H,23,24,28). The van der Waals surface area contributed by atoms with E-state index in [1.165, 1.54) is 39.8 Å². The molecule has 4 rings (SSSR count). The molecule has 0 radical (unpaired) electrons. The number of nitrogens with one attached hydrogen (secondary N) is 1. The highest BCUT2D eigenvalue weighted by molar-refractivity contribution is 7.99. The number of furan rings is 1. The van der Waals surface area contributed by atoms with Crippen LogP contribution in [0.1, 0.15) is 22.5 Å². The maximum atomic E-state index is 12.5. The molecule has 0 bridgehead atoms. The summed E-state index contributed by atoms with van der Waals surface area (Å²) < 4.78 is 7.20. The molecule has 9 heteroatoms. The Kier molecular flexibility index (Phi) is 5.97. The van der Waals surface area contributed by atoms with Crippen LogP contribution in [0.25, 0.3) is 22.6 Å². The summed E-state index contributed by atoms with van der Waals surface area (Å²) in [5.74, 6) is 1.58. The van der Waals surface area contributed by atoms with Crippen molar-refractivity contribution in [1.29, 1.82) is 0 Å². The number of nitrogens with zero attached hydrogens (tertiary/aromatic N) is 4. The monoisotopic (exact) mass is 453 g/mol. The molecule has 1 amide bonds. The Morgan fingerprint density at radius 3 is 2.65 bits per heavy atom. The highest BCUT2D eigenvalue weighted by Gasteiger charge is 2.16. The first-order chi connectivity index (χ1) is 14.8. The molecule has 160 valence electrons. The van der Waals surface area contributed by atoms with Crippen LogP contribution in [0.5, 0.6) is 0 Å². The minimum absolute atomic E-state index is 0.133. The van der Waals surface area contributed by atoms with E-state index >= 15 is 0 Å². The van der Waals surface area contributed by atoms with Crippen LogP contribution in [-0.2, 0) is 11.8 Å². The zero-order valence-electron chi connectivity index (χ0n) is 18.0. The largest absolute Gasteiger partial charge is 0.469 e. The van der Waals surface area contributed by atoms with Crippen LogP contribution in [0.2, 0.25) is 0 Å². The predicted octanol–water partition coefficient (Wildman–Crippen LogP) is 5.16. The molecule has 4 aromatic rings. The van der Waals surface area contributed by atoms with Crippen molar-refractivity contribution >= 4 is 34.1 Å². The second-order valence-electron chi connectivity index (χ2n) is 7.38. The number of amides is 1. The van der Waals surface area contributed by atoms with E-state index in [4.69, 9.17) is 4.42 Å². The van der Waals surface area contributed by atoms with Crippen LogP contribution in [0.4, 0.5) is 5.13 Å². The number of hydrogen-bond acceptors (Lipinski definition) is 7. The minimum Gasteiger partial charge on any atom is -0.469 e. The van der Waals surface area contributed by atoms with Crippen molar-refractivity contribution < 1.29 is 9.21 Å². The number of aromatic nitrogens is 4. The Hall–Kier alpha value is -2.91. The summed E-state index contributed by atoms with van der Waals surface area (Å²) in [6.45, 7) is 8.16. The van der Waals surface area contributed by atoms with Gasteiger partial charge in [-0.2, -0.15) is 0 Å². The van der Waals surface area contributed by atoms with Crippen molar-refractivity contribution in [1.82, 2.24) is 19.7 Å². The van der Waals surface area contributed by atoms with Gasteiger partial charge in [0.05, 0.1) is 23.3 Å². The van der Waals surface area contributed by atoms with Crippen LogP contribution in [0.15, 0.2) is 39.4 Å². The molecule has 0 aliphatic heterocycles. The number of carbonyl (C=O) groups excluding carboxylic acids is 1. The summed E-state index contributed by atoms with van der Waals surface area (Å²) in [7, 11) is 1.88. The van der Waals surface area contributed by atoms with E-state index in [0.717, 1.165) is 22.6 Å². The molecule has 7 nitrogen and oxygen atoms in total. The Balaban J connectivity index is 1.40. The first-order valence-corrected chi connectivity index (χ1v) is 11.6. The molecular weight excluding hydrogens is 430 g/mol. The number of thioether (sulfide) groups is 1. The smallest absolute Gasteiger partial charge is 0.236 e. The van der Waals surface area contributed by atoms with Gasteiger partial charge in [0.2, 0.25) is 5.91 Å². The average molecular weight is 454 g/mol. The molecule has 3 aromatic heterocycles. The lowest BCUT2D eigenvalue weighted by atomic mass is 9.99. The molecule has 0 aliphatic rings. The van der Waals surface area contributed by atoms with Gasteiger partial charge in [-0.25, -0.2) is 4.98 Å². The van der Waals surface area contributed by atoms with E-state index in [2.05, 4.69) is 53.4 Å². The van der Waals surface area contributed by atoms with Crippen LogP contribution in [0, 0.1) is 27.7 Å². The second kappa shape index (κ2) is 8.68. The third-order valence-electron chi connectivity index (χ3n) is 5.13. The maximum Gasteiger partial charge on any atom is 0.236 e. The highest BCUT2D eigenvalue weighted by Crippen LogP contribution is 2.30. The van der Waals surface area contributed by atoms with Gasteiger partial charge in [-0.3, -0.25) is 4.79 Å². The van der Waals surface area contributed by atoms with Crippen LogP contribution in [0.3, 0.4) is 0 Å². The number of carbonyl (C=O) groups is 1. The zero-order valence-corrected chi connectivity index (χ0v) is 19.6. The average Bonchev–Trinajstić information content (AvgIpc) is 3.44. The van der Waals surface area contributed by atoms with E-state index in [1.54, 1.807) is 6.26 Å². The van der Waals surface area contributed by atoms with Crippen LogP contribution < -0.4 is 5.32 Å². The summed E-state index contributed by atoms with van der Waals surface area (Å²) in [6.07, 6.45) is 1.63. The number of aryl methyl sites for hydroxylation is 4. The lowest BCUT2D eigenvalue weighted by Crippen LogP contribution is -2.14. The van der Waals surface area contributed by atoms with Crippen LogP contribution >= 0.6 is 23.1 Å². The van der Waals surface area contributed by atoms with Crippen molar-refractivity contribution in [2.24, 2.45) is 7.05 Å². The normalized spacial score (nSPS) is 11.1. The van der Waals surface area contributed by atoms with Gasteiger partial charge in [-0.15, -0.1) is 21.5 Å². The first-order valence-electron chi connectivity index (χ1n) is 9.73. The molecule has 0 fully saturated rings. The first kappa shape index (κ1) is 21.3. The molecule has 3 heterocycles. The van der Waals surface area contributed by atoms with E-state index in [-0.39, 0.29) is 11.7 Å².